The van der Waals surface area contributed by atoms with Crippen LogP contribution in [0.5, 0.6) is 11.5 Å². The minimum absolute atomic E-state index is 0.297. The first kappa shape index (κ1) is 26.7. The van der Waals surface area contributed by atoms with E-state index in [9.17, 15) is 4.79 Å². The van der Waals surface area contributed by atoms with Crippen LogP contribution in [0, 0.1) is 0 Å². The maximum atomic E-state index is 11.6. The van der Waals surface area contributed by atoms with E-state index in [0.717, 1.165) is 42.0 Å². The molecule has 0 amide bonds. The summed E-state index contributed by atoms with van der Waals surface area (Å²) in [5.74, 6) is 1.75. The number of nitrogens with two attached hydrogens (primary N) is 1. The lowest BCUT2D eigenvalue weighted by molar-refractivity contribution is 0.0600. The van der Waals surface area contributed by atoms with Crippen molar-refractivity contribution < 1.29 is 14.3 Å². The van der Waals surface area contributed by atoms with E-state index in [-0.39, 0.29) is 12.0 Å². The average Bonchev–Trinajstić information content (AvgIpc) is 3.32. The van der Waals surface area contributed by atoms with Crippen molar-refractivity contribution in [1.82, 2.24) is 9.55 Å². The first-order valence-corrected chi connectivity index (χ1v) is 12.9. The van der Waals surface area contributed by atoms with Crippen LogP contribution in [0.15, 0.2) is 72.9 Å². The zero-order chi connectivity index (χ0) is 26.4. The molecule has 0 aliphatic rings. The van der Waals surface area contributed by atoms with Crippen LogP contribution in [0.2, 0.25) is 10.0 Å². The molecule has 0 aliphatic carbocycles. The number of nitrogens with zero attached hydrogens (tertiary/aromatic N) is 2. The third-order valence-electron chi connectivity index (χ3n) is 5.99. The third kappa shape index (κ3) is 6.72. The highest BCUT2D eigenvalue weighted by Crippen LogP contribution is 2.31. The van der Waals surface area contributed by atoms with E-state index in [2.05, 4.69) is 11.5 Å². The number of halogens is 2. The molecule has 3 aromatic carbocycles. The highest BCUT2D eigenvalue weighted by atomic mass is 35.5. The lowest BCUT2D eigenvalue weighted by Gasteiger charge is -2.14. The summed E-state index contributed by atoms with van der Waals surface area (Å²) in [4.78, 5) is 16.5. The fourth-order valence-electron chi connectivity index (χ4n) is 4.01. The van der Waals surface area contributed by atoms with Gasteiger partial charge in [-0.25, -0.2) is 9.78 Å². The summed E-state index contributed by atoms with van der Waals surface area (Å²) in [6, 6.07) is 19.7. The fraction of sp³-hybridized carbons (Fsp3) is 0.241. The Kier molecular flexibility index (Phi) is 8.87. The van der Waals surface area contributed by atoms with E-state index < -0.39 is 0 Å². The third-order valence-corrected chi connectivity index (χ3v) is 6.54. The van der Waals surface area contributed by atoms with E-state index in [1.807, 2.05) is 42.6 Å². The number of aromatic nitrogens is 2. The standard InChI is InChI=1S/C29H29Cl2N3O3/c1-3-4-15-34-18-27(24-14-9-21(30)17-25(24)31)33-28(34)26(32)16-19-5-10-22(11-6-19)37-23-12-7-20(8-13-23)29(35)36-2/h5-14,17-18,26H,3-4,15-16,32H2,1-2H3. The minimum Gasteiger partial charge on any atom is -0.465 e. The first-order valence-electron chi connectivity index (χ1n) is 12.1. The fourth-order valence-corrected chi connectivity index (χ4v) is 4.52. The number of imidazole rings is 1. The van der Waals surface area contributed by atoms with Gasteiger partial charge in [-0.2, -0.15) is 0 Å². The molecule has 2 N–H and O–H groups in total. The van der Waals surface area contributed by atoms with Crippen LogP contribution in [-0.2, 0) is 17.7 Å². The summed E-state index contributed by atoms with van der Waals surface area (Å²) in [6.07, 6.45) is 4.72. The summed E-state index contributed by atoms with van der Waals surface area (Å²) in [6.45, 7) is 2.99. The van der Waals surface area contributed by atoms with E-state index in [1.165, 1.54) is 7.11 Å². The molecule has 1 aromatic heterocycles. The van der Waals surface area contributed by atoms with Crippen LogP contribution in [0.25, 0.3) is 11.3 Å². The second kappa shape index (κ2) is 12.3. The molecule has 4 aromatic rings. The Morgan fingerprint density at radius 3 is 2.32 bits per heavy atom. The number of hydrogen-bond acceptors (Lipinski definition) is 5. The highest BCUT2D eigenvalue weighted by molar-refractivity contribution is 6.36. The van der Waals surface area contributed by atoms with Crippen molar-refractivity contribution in [2.45, 2.75) is 38.8 Å². The maximum absolute atomic E-state index is 11.6. The van der Waals surface area contributed by atoms with Gasteiger partial charge in [-0.15, -0.1) is 0 Å². The molecule has 0 saturated heterocycles. The number of esters is 1. The highest BCUT2D eigenvalue weighted by Gasteiger charge is 2.18. The molecular weight excluding hydrogens is 509 g/mol. The lowest BCUT2D eigenvalue weighted by Crippen LogP contribution is -2.19. The molecule has 1 atom stereocenters. The van der Waals surface area contributed by atoms with Crippen molar-refractivity contribution >= 4 is 29.2 Å². The van der Waals surface area contributed by atoms with E-state index in [1.54, 1.807) is 30.3 Å². The molecule has 37 heavy (non-hydrogen) atoms. The predicted octanol–water partition coefficient (Wildman–Crippen LogP) is 7.48. The van der Waals surface area contributed by atoms with Gasteiger partial charge in [-0.05, 0) is 73.0 Å². The number of carbonyl (C=O) groups excluding carboxylic acids is 1. The maximum Gasteiger partial charge on any atom is 0.337 e. The zero-order valence-corrected chi connectivity index (χ0v) is 22.3. The SMILES string of the molecule is CCCCn1cc(-c2ccc(Cl)cc2Cl)nc1C(N)Cc1ccc(Oc2ccc(C(=O)OC)cc2)cc1. The Bertz CT molecular complexity index is 1350. The van der Waals surface area contributed by atoms with E-state index in [0.29, 0.717) is 33.5 Å². The Labute approximate surface area is 226 Å². The predicted molar refractivity (Wildman–Crippen MR) is 148 cm³/mol. The lowest BCUT2D eigenvalue weighted by atomic mass is 10.1. The van der Waals surface area contributed by atoms with Crippen LogP contribution in [0.3, 0.4) is 0 Å². The van der Waals surface area contributed by atoms with Crippen LogP contribution >= 0.6 is 23.2 Å². The van der Waals surface area contributed by atoms with Crippen molar-refractivity contribution in [3.8, 4) is 22.8 Å². The van der Waals surface area contributed by atoms with Crippen LogP contribution < -0.4 is 10.5 Å². The normalized spacial score (nSPS) is 11.8. The molecule has 6 nitrogen and oxygen atoms in total. The monoisotopic (exact) mass is 537 g/mol. The Hall–Kier alpha value is -3.32. The van der Waals surface area contributed by atoms with Gasteiger partial charge in [0.1, 0.15) is 17.3 Å². The largest absolute Gasteiger partial charge is 0.465 e. The summed E-state index contributed by atoms with van der Waals surface area (Å²) in [5, 5.41) is 1.14. The number of benzene rings is 3. The summed E-state index contributed by atoms with van der Waals surface area (Å²) < 4.78 is 12.8. The average molecular weight is 538 g/mol. The van der Waals surface area contributed by atoms with Crippen molar-refractivity contribution in [3.63, 3.8) is 0 Å². The number of carbonyl (C=O) groups is 1. The van der Waals surface area contributed by atoms with Gasteiger partial charge < -0.3 is 19.8 Å². The molecule has 0 bridgehead atoms. The molecular formula is C29H29Cl2N3O3. The minimum atomic E-state index is -0.383. The summed E-state index contributed by atoms with van der Waals surface area (Å²) in [5.41, 5.74) is 9.81. The second-order valence-corrected chi connectivity index (χ2v) is 9.57. The molecule has 0 spiro atoms. The number of rotatable bonds is 10. The Morgan fingerprint density at radius 2 is 1.70 bits per heavy atom. The topological polar surface area (TPSA) is 79.4 Å². The second-order valence-electron chi connectivity index (χ2n) is 8.73. The first-order chi connectivity index (χ1) is 17.9. The molecule has 1 heterocycles. The molecule has 0 radical (unpaired) electrons. The van der Waals surface area contributed by atoms with E-state index >= 15 is 0 Å². The van der Waals surface area contributed by atoms with Crippen LogP contribution in [0.4, 0.5) is 0 Å². The molecule has 4 rings (SSSR count). The molecule has 192 valence electrons. The molecule has 0 saturated carbocycles. The van der Waals surface area contributed by atoms with Gasteiger partial charge in [-0.3, -0.25) is 0 Å². The van der Waals surface area contributed by atoms with Gasteiger partial charge >= 0.3 is 5.97 Å². The van der Waals surface area contributed by atoms with Crippen molar-refractivity contribution in [1.29, 1.82) is 0 Å². The van der Waals surface area contributed by atoms with Gasteiger partial charge in [0.25, 0.3) is 0 Å². The van der Waals surface area contributed by atoms with Gasteiger partial charge in [0.2, 0.25) is 0 Å². The molecule has 8 heteroatoms. The van der Waals surface area contributed by atoms with Gasteiger partial charge in [-0.1, -0.05) is 48.7 Å². The Balaban J connectivity index is 1.47. The van der Waals surface area contributed by atoms with Gasteiger partial charge in [0.15, 0.2) is 0 Å². The van der Waals surface area contributed by atoms with Crippen molar-refractivity contribution in [2.24, 2.45) is 5.73 Å². The number of hydrogen-bond donors (Lipinski definition) is 1. The van der Waals surface area contributed by atoms with Gasteiger partial charge in [0, 0.05) is 23.3 Å². The molecule has 1 unspecified atom stereocenters. The number of aryl methyl sites for hydroxylation is 1. The number of methoxy groups -OCH3 is 1. The summed E-state index contributed by atoms with van der Waals surface area (Å²) >= 11 is 12.5. The Morgan fingerprint density at radius 1 is 1.03 bits per heavy atom. The van der Waals surface area contributed by atoms with Crippen LogP contribution in [0.1, 0.15) is 47.6 Å². The zero-order valence-electron chi connectivity index (χ0n) is 20.8. The van der Waals surface area contributed by atoms with Crippen LogP contribution in [-0.4, -0.2) is 22.6 Å². The number of ether oxygens (including phenoxy) is 2. The van der Waals surface area contributed by atoms with E-state index in [4.69, 9.17) is 43.4 Å². The summed E-state index contributed by atoms with van der Waals surface area (Å²) in [7, 11) is 1.35. The quantitative estimate of drug-likeness (QED) is 0.212. The molecule has 0 fully saturated rings. The van der Waals surface area contributed by atoms with Gasteiger partial charge in [0.05, 0.1) is 29.4 Å². The van der Waals surface area contributed by atoms with Crippen molar-refractivity contribution in [3.05, 3.63) is 99.9 Å². The molecule has 0 aliphatic heterocycles. The van der Waals surface area contributed by atoms with Crippen molar-refractivity contribution in [2.75, 3.05) is 7.11 Å². The smallest absolute Gasteiger partial charge is 0.337 e. The number of unbranched alkanes of at least 4 members (excludes halogenated alkanes) is 1.